The van der Waals surface area contributed by atoms with Crippen molar-refractivity contribution in [2.24, 2.45) is 11.7 Å². The van der Waals surface area contributed by atoms with Crippen LogP contribution >= 0.6 is 24.0 Å². The largest absolute Gasteiger partial charge is 0.495 e. The van der Waals surface area contributed by atoms with Crippen molar-refractivity contribution in [1.82, 2.24) is 0 Å². The van der Waals surface area contributed by atoms with E-state index in [4.69, 9.17) is 22.1 Å². The quantitative estimate of drug-likeness (QED) is 0.885. The van der Waals surface area contributed by atoms with Crippen molar-refractivity contribution in [3.05, 3.63) is 23.2 Å². The number of nitrogens with one attached hydrogen (secondary N) is 1. The topological polar surface area (TPSA) is 64.3 Å². The Morgan fingerprint density at radius 2 is 2.14 bits per heavy atom. The fourth-order valence-electron chi connectivity index (χ4n) is 2.71. The number of rotatable bonds is 4. The third kappa shape index (κ3) is 5.06. The second kappa shape index (κ2) is 8.47. The summed E-state index contributed by atoms with van der Waals surface area (Å²) in [7, 11) is 1.57. The SMILES string of the molecule is COc1ccc(Cl)cc1NC(=O)CC1CCCCC1N.Cl. The van der Waals surface area contributed by atoms with Gasteiger partial charge in [0, 0.05) is 17.5 Å². The Morgan fingerprint density at radius 1 is 1.43 bits per heavy atom. The van der Waals surface area contributed by atoms with Gasteiger partial charge in [-0.05, 0) is 37.0 Å². The summed E-state index contributed by atoms with van der Waals surface area (Å²) in [5, 5.41) is 3.43. The Hall–Kier alpha value is -0.970. The van der Waals surface area contributed by atoms with Crippen molar-refractivity contribution < 1.29 is 9.53 Å². The maximum atomic E-state index is 12.1. The monoisotopic (exact) mass is 332 g/mol. The van der Waals surface area contributed by atoms with Crippen LogP contribution in [-0.4, -0.2) is 19.1 Å². The molecule has 1 amide bonds. The molecule has 2 rings (SSSR count). The lowest BCUT2D eigenvalue weighted by atomic mass is 9.83. The highest BCUT2D eigenvalue weighted by Crippen LogP contribution is 2.29. The lowest BCUT2D eigenvalue weighted by Crippen LogP contribution is -2.35. The van der Waals surface area contributed by atoms with Crippen molar-refractivity contribution in [1.29, 1.82) is 0 Å². The van der Waals surface area contributed by atoms with Crippen molar-refractivity contribution in [3.8, 4) is 5.75 Å². The molecular weight excluding hydrogens is 311 g/mol. The Labute approximate surface area is 136 Å². The van der Waals surface area contributed by atoms with Gasteiger partial charge in [-0.1, -0.05) is 24.4 Å². The molecule has 6 heteroatoms. The van der Waals surface area contributed by atoms with Gasteiger partial charge < -0.3 is 15.8 Å². The minimum Gasteiger partial charge on any atom is -0.495 e. The van der Waals surface area contributed by atoms with E-state index in [2.05, 4.69) is 5.32 Å². The highest BCUT2D eigenvalue weighted by Gasteiger charge is 2.24. The molecule has 0 aliphatic heterocycles. The van der Waals surface area contributed by atoms with Gasteiger partial charge >= 0.3 is 0 Å². The van der Waals surface area contributed by atoms with Gasteiger partial charge in [-0.25, -0.2) is 0 Å². The third-order valence-corrected chi connectivity index (χ3v) is 4.09. The van der Waals surface area contributed by atoms with Gasteiger partial charge in [0.25, 0.3) is 0 Å². The van der Waals surface area contributed by atoms with Gasteiger partial charge in [0.05, 0.1) is 12.8 Å². The van der Waals surface area contributed by atoms with Gasteiger partial charge in [0.1, 0.15) is 5.75 Å². The first-order valence-electron chi connectivity index (χ1n) is 6.99. The summed E-state index contributed by atoms with van der Waals surface area (Å²) in [6, 6.07) is 5.30. The number of benzene rings is 1. The average molecular weight is 333 g/mol. The fourth-order valence-corrected chi connectivity index (χ4v) is 2.88. The van der Waals surface area contributed by atoms with Gasteiger partial charge in [0.2, 0.25) is 5.91 Å². The molecule has 0 saturated heterocycles. The number of hydrogen-bond acceptors (Lipinski definition) is 3. The van der Waals surface area contributed by atoms with Crippen LogP contribution in [0, 0.1) is 5.92 Å². The van der Waals surface area contributed by atoms with Crippen LogP contribution in [0.25, 0.3) is 0 Å². The normalized spacial score (nSPS) is 21.3. The van der Waals surface area contributed by atoms with E-state index in [1.54, 1.807) is 25.3 Å². The lowest BCUT2D eigenvalue weighted by Gasteiger charge is -2.28. The molecule has 2 unspecified atom stereocenters. The molecule has 2 atom stereocenters. The average Bonchev–Trinajstić information content (AvgIpc) is 2.41. The molecule has 0 radical (unpaired) electrons. The molecule has 1 fully saturated rings. The van der Waals surface area contributed by atoms with E-state index in [1.807, 2.05) is 0 Å². The van der Waals surface area contributed by atoms with Gasteiger partial charge in [0.15, 0.2) is 0 Å². The smallest absolute Gasteiger partial charge is 0.224 e. The summed E-state index contributed by atoms with van der Waals surface area (Å²) < 4.78 is 5.21. The van der Waals surface area contributed by atoms with Crippen LogP contribution in [0.5, 0.6) is 5.75 Å². The zero-order chi connectivity index (χ0) is 14.5. The summed E-state index contributed by atoms with van der Waals surface area (Å²) in [5.41, 5.74) is 6.68. The molecule has 4 nitrogen and oxygen atoms in total. The van der Waals surface area contributed by atoms with Crippen LogP contribution in [-0.2, 0) is 4.79 Å². The number of ether oxygens (including phenoxy) is 1. The van der Waals surface area contributed by atoms with Crippen molar-refractivity contribution in [2.75, 3.05) is 12.4 Å². The zero-order valence-corrected chi connectivity index (χ0v) is 13.7. The molecule has 0 spiro atoms. The first-order valence-corrected chi connectivity index (χ1v) is 7.37. The van der Waals surface area contributed by atoms with Crippen LogP contribution in [0.4, 0.5) is 5.69 Å². The highest BCUT2D eigenvalue weighted by molar-refractivity contribution is 6.31. The molecular formula is C15H22Cl2N2O2. The maximum absolute atomic E-state index is 12.1. The molecule has 21 heavy (non-hydrogen) atoms. The van der Waals surface area contributed by atoms with Gasteiger partial charge in [-0.15, -0.1) is 12.4 Å². The Bertz CT molecular complexity index is 483. The first-order chi connectivity index (χ1) is 9.60. The summed E-state index contributed by atoms with van der Waals surface area (Å²) in [6.45, 7) is 0. The number of anilines is 1. The highest BCUT2D eigenvalue weighted by atomic mass is 35.5. The van der Waals surface area contributed by atoms with Crippen molar-refractivity contribution in [3.63, 3.8) is 0 Å². The van der Waals surface area contributed by atoms with Crippen molar-refractivity contribution >= 4 is 35.6 Å². The van der Waals surface area contributed by atoms with E-state index >= 15 is 0 Å². The Kier molecular flexibility index (Phi) is 7.29. The predicted octanol–water partition coefficient (Wildman–Crippen LogP) is 3.62. The first kappa shape index (κ1) is 18.1. The van der Waals surface area contributed by atoms with Crippen LogP contribution in [0.2, 0.25) is 5.02 Å². The van der Waals surface area contributed by atoms with Gasteiger partial charge in [-0.2, -0.15) is 0 Å². The van der Waals surface area contributed by atoms with Crippen LogP contribution < -0.4 is 15.8 Å². The van der Waals surface area contributed by atoms with Crippen LogP contribution in [0.1, 0.15) is 32.1 Å². The molecule has 1 aromatic carbocycles. The summed E-state index contributed by atoms with van der Waals surface area (Å²) >= 11 is 5.95. The number of hydrogen-bond donors (Lipinski definition) is 2. The van der Waals surface area contributed by atoms with E-state index in [9.17, 15) is 4.79 Å². The number of nitrogens with two attached hydrogens (primary N) is 1. The second-order valence-corrected chi connectivity index (χ2v) is 5.74. The third-order valence-electron chi connectivity index (χ3n) is 3.85. The van der Waals surface area contributed by atoms with E-state index in [0.29, 0.717) is 22.9 Å². The molecule has 0 aromatic heterocycles. The second-order valence-electron chi connectivity index (χ2n) is 5.31. The zero-order valence-electron chi connectivity index (χ0n) is 12.1. The number of carbonyl (C=O) groups is 1. The minimum atomic E-state index is -0.0343. The summed E-state index contributed by atoms with van der Waals surface area (Å²) in [4.78, 5) is 12.1. The summed E-state index contributed by atoms with van der Waals surface area (Å²) in [6.07, 6.45) is 4.82. The maximum Gasteiger partial charge on any atom is 0.224 e. The number of carbonyl (C=O) groups excluding carboxylic acids is 1. The standard InChI is InChI=1S/C15H21ClN2O2.ClH/c1-20-14-7-6-11(16)9-13(14)18-15(19)8-10-4-2-3-5-12(10)17;/h6-7,9-10,12H,2-5,8,17H2,1H3,(H,18,19);1H. The van der Waals surface area contributed by atoms with Gasteiger partial charge in [-0.3, -0.25) is 4.79 Å². The van der Waals surface area contributed by atoms with E-state index in [0.717, 1.165) is 19.3 Å². The number of amides is 1. The fraction of sp³-hybridized carbons (Fsp3) is 0.533. The molecule has 1 aliphatic rings. The summed E-state index contributed by atoms with van der Waals surface area (Å²) in [5.74, 6) is 0.845. The molecule has 0 bridgehead atoms. The Balaban J connectivity index is 0.00000220. The molecule has 118 valence electrons. The lowest BCUT2D eigenvalue weighted by molar-refractivity contribution is -0.117. The Morgan fingerprint density at radius 3 is 2.81 bits per heavy atom. The number of halogens is 2. The molecule has 1 saturated carbocycles. The minimum absolute atomic E-state index is 0. The molecule has 1 aromatic rings. The predicted molar refractivity (Wildman–Crippen MR) is 88.4 cm³/mol. The van der Waals surface area contributed by atoms with E-state index in [-0.39, 0.29) is 30.3 Å². The molecule has 0 heterocycles. The molecule has 3 N–H and O–H groups in total. The van der Waals surface area contributed by atoms with Crippen molar-refractivity contribution in [2.45, 2.75) is 38.1 Å². The van der Waals surface area contributed by atoms with E-state index < -0.39 is 0 Å². The number of methoxy groups -OCH3 is 1. The van der Waals surface area contributed by atoms with Crippen LogP contribution in [0.3, 0.4) is 0 Å². The van der Waals surface area contributed by atoms with E-state index in [1.165, 1.54) is 6.42 Å². The molecule has 1 aliphatic carbocycles. The van der Waals surface area contributed by atoms with Crippen LogP contribution in [0.15, 0.2) is 18.2 Å².